The van der Waals surface area contributed by atoms with Crippen LogP contribution in [-0.4, -0.2) is 14.6 Å². The molecule has 1 aliphatic rings. The first-order valence-electron chi connectivity index (χ1n) is 6.25. The third-order valence-corrected chi connectivity index (χ3v) is 5.48. The van der Waals surface area contributed by atoms with Gasteiger partial charge >= 0.3 is 0 Å². The molecule has 1 nitrogen and oxygen atoms in total. The Morgan fingerprint density at radius 2 is 2.06 bits per heavy atom. The summed E-state index contributed by atoms with van der Waals surface area (Å²) in [5, 5.41) is 5.02. The zero-order valence-electron chi connectivity index (χ0n) is 11.0. The van der Waals surface area contributed by atoms with Gasteiger partial charge in [-0.2, -0.15) is 0 Å². The maximum absolute atomic E-state index is 3.91. The first-order chi connectivity index (χ1) is 8.04. The normalized spacial score (nSPS) is 19.4. The Bertz CT molecular complexity index is 464. The van der Waals surface area contributed by atoms with Crippen LogP contribution in [0.1, 0.15) is 17.2 Å². The standard InChI is InChI=1S/C15H21NSi/c1-5-14(17(2,3)4)15-13-9-7-6-8-12(13)10-11-16-15/h6-9,15-16H,1,10-11H2,2-4H3. The molecule has 0 saturated carbocycles. The zero-order chi connectivity index (χ0) is 12.5. The molecule has 1 aliphatic heterocycles. The number of rotatable bonds is 2. The second-order valence-corrected chi connectivity index (χ2v) is 10.7. The van der Waals surface area contributed by atoms with Gasteiger partial charge in [0.1, 0.15) is 0 Å². The van der Waals surface area contributed by atoms with E-state index in [1.165, 1.54) is 16.3 Å². The van der Waals surface area contributed by atoms with Gasteiger partial charge in [-0.15, -0.1) is 5.73 Å². The Kier molecular flexibility index (Phi) is 3.39. The third kappa shape index (κ3) is 2.44. The van der Waals surface area contributed by atoms with Crippen molar-refractivity contribution >= 4 is 8.07 Å². The second-order valence-electron chi connectivity index (χ2n) is 5.68. The minimum Gasteiger partial charge on any atom is -0.306 e. The van der Waals surface area contributed by atoms with Gasteiger partial charge in [-0.1, -0.05) is 50.5 Å². The Labute approximate surface area is 105 Å². The van der Waals surface area contributed by atoms with Gasteiger partial charge in [-0.3, -0.25) is 0 Å². The number of benzene rings is 1. The van der Waals surface area contributed by atoms with Gasteiger partial charge in [-0.25, -0.2) is 0 Å². The molecule has 17 heavy (non-hydrogen) atoms. The second kappa shape index (κ2) is 4.65. The maximum atomic E-state index is 3.91. The molecule has 0 saturated heterocycles. The highest BCUT2D eigenvalue weighted by molar-refractivity contribution is 6.83. The Balaban J connectivity index is 2.46. The van der Waals surface area contributed by atoms with Gasteiger partial charge in [0.2, 0.25) is 0 Å². The fourth-order valence-electron chi connectivity index (χ4n) is 2.56. The van der Waals surface area contributed by atoms with Crippen LogP contribution in [0.15, 0.2) is 41.8 Å². The number of hydrogen-bond donors (Lipinski definition) is 1. The number of hydrogen-bond acceptors (Lipinski definition) is 1. The lowest BCUT2D eigenvalue weighted by molar-refractivity contribution is 0.572. The van der Waals surface area contributed by atoms with Crippen LogP contribution in [0, 0.1) is 0 Å². The van der Waals surface area contributed by atoms with Crippen LogP contribution in [0.4, 0.5) is 0 Å². The summed E-state index contributed by atoms with van der Waals surface area (Å²) < 4.78 is 0. The quantitative estimate of drug-likeness (QED) is 0.619. The summed E-state index contributed by atoms with van der Waals surface area (Å²) >= 11 is 0. The molecule has 0 aromatic heterocycles. The molecule has 0 bridgehead atoms. The highest BCUT2D eigenvalue weighted by Crippen LogP contribution is 2.32. The van der Waals surface area contributed by atoms with E-state index in [1.54, 1.807) is 0 Å². The Morgan fingerprint density at radius 3 is 2.71 bits per heavy atom. The first kappa shape index (κ1) is 12.4. The SMILES string of the molecule is C=C=C(C1NCCc2ccccc21)[Si](C)(C)C. The minimum absolute atomic E-state index is 0.337. The van der Waals surface area contributed by atoms with E-state index in [2.05, 4.69) is 61.5 Å². The average molecular weight is 243 g/mol. The van der Waals surface area contributed by atoms with Gasteiger partial charge in [0, 0.05) is 6.54 Å². The molecule has 0 amide bonds. The predicted octanol–water partition coefficient (Wildman–Crippen LogP) is 3.46. The molecular weight excluding hydrogens is 222 g/mol. The number of fused-ring (bicyclic) bond motifs is 1. The maximum Gasteiger partial charge on any atom is 0.0848 e. The molecule has 1 heterocycles. The average Bonchev–Trinajstić information content (AvgIpc) is 2.28. The molecule has 2 rings (SSSR count). The van der Waals surface area contributed by atoms with E-state index in [9.17, 15) is 0 Å². The van der Waals surface area contributed by atoms with Crippen molar-refractivity contribution in [1.29, 1.82) is 0 Å². The molecule has 1 unspecified atom stereocenters. The third-order valence-electron chi connectivity index (χ3n) is 3.40. The Hall–Kier alpha value is -1.08. The van der Waals surface area contributed by atoms with E-state index in [4.69, 9.17) is 0 Å². The van der Waals surface area contributed by atoms with E-state index >= 15 is 0 Å². The Morgan fingerprint density at radius 1 is 1.35 bits per heavy atom. The summed E-state index contributed by atoms with van der Waals surface area (Å²) in [6, 6.07) is 9.08. The molecule has 0 radical (unpaired) electrons. The molecule has 1 aromatic carbocycles. The molecule has 0 fully saturated rings. The van der Waals surface area contributed by atoms with E-state index in [0.29, 0.717) is 6.04 Å². The lowest BCUT2D eigenvalue weighted by atomic mass is 9.94. The van der Waals surface area contributed by atoms with E-state index in [0.717, 1.165) is 13.0 Å². The van der Waals surface area contributed by atoms with E-state index in [-0.39, 0.29) is 0 Å². The fourth-order valence-corrected chi connectivity index (χ4v) is 4.22. The van der Waals surface area contributed by atoms with Crippen molar-refractivity contribution in [3.05, 3.63) is 52.9 Å². The van der Waals surface area contributed by atoms with Crippen molar-refractivity contribution in [3.8, 4) is 0 Å². The minimum atomic E-state index is -1.36. The van der Waals surface area contributed by atoms with E-state index in [1.807, 2.05) is 0 Å². The molecule has 0 spiro atoms. The van der Waals surface area contributed by atoms with Gasteiger partial charge in [0.15, 0.2) is 0 Å². The molecule has 2 heteroatoms. The largest absolute Gasteiger partial charge is 0.306 e. The summed E-state index contributed by atoms with van der Waals surface area (Å²) in [7, 11) is -1.36. The molecule has 0 aliphatic carbocycles. The molecule has 1 aromatic rings. The number of nitrogens with one attached hydrogen (secondary N) is 1. The van der Waals surface area contributed by atoms with Crippen LogP contribution < -0.4 is 5.32 Å². The highest BCUT2D eigenvalue weighted by atomic mass is 28.3. The van der Waals surface area contributed by atoms with Gasteiger partial charge in [0.25, 0.3) is 0 Å². The van der Waals surface area contributed by atoms with Gasteiger partial charge in [-0.05, 0) is 22.7 Å². The lowest BCUT2D eigenvalue weighted by Gasteiger charge is -2.33. The predicted molar refractivity (Wildman–Crippen MR) is 76.9 cm³/mol. The smallest absolute Gasteiger partial charge is 0.0848 e. The van der Waals surface area contributed by atoms with Crippen LogP contribution >= 0.6 is 0 Å². The topological polar surface area (TPSA) is 12.0 Å². The summed E-state index contributed by atoms with van der Waals surface area (Å²) in [6.07, 6.45) is 1.13. The van der Waals surface area contributed by atoms with Crippen LogP contribution in [-0.2, 0) is 6.42 Å². The van der Waals surface area contributed by atoms with Crippen molar-refractivity contribution in [1.82, 2.24) is 5.32 Å². The van der Waals surface area contributed by atoms with Crippen molar-refractivity contribution in [2.45, 2.75) is 32.1 Å². The van der Waals surface area contributed by atoms with Crippen molar-refractivity contribution in [2.75, 3.05) is 6.54 Å². The van der Waals surface area contributed by atoms with Gasteiger partial charge < -0.3 is 5.32 Å². The van der Waals surface area contributed by atoms with Crippen LogP contribution in [0.3, 0.4) is 0 Å². The molecule has 1 atom stereocenters. The highest BCUT2D eigenvalue weighted by Gasteiger charge is 2.30. The molecular formula is C15H21NSi. The monoisotopic (exact) mass is 243 g/mol. The van der Waals surface area contributed by atoms with Crippen molar-refractivity contribution in [2.24, 2.45) is 0 Å². The summed E-state index contributed by atoms with van der Waals surface area (Å²) in [5.74, 6) is 0. The van der Waals surface area contributed by atoms with E-state index < -0.39 is 8.07 Å². The van der Waals surface area contributed by atoms with Crippen molar-refractivity contribution in [3.63, 3.8) is 0 Å². The lowest BCUT2D eigenvalue weighted by Crippen LogP contribution is -2.38. The molecule has 1 N–H and O–H groups in total. The first-order valence-corrected chi connectivity index (χ1v) is 9.75. The summed E-state index contributed by atoms with van der Waals surface area (Å²) in [6.45, 7) is 12.0. The van der Waals surface area contributed by atoms with Gasteiger partial charge in [0.05, 0.1) is 14.1 Å². The van der Waals surface area contributed by atoms with Crippen LogP contribution in [0.5, 0.6) is 0 Å². The van der Waals surface area contributed by atoms with Crippen LogP contribution in [0.25, 0.3) is 0 Å². The summed E-state index contributed by atoms with van der Waals surface area (Å²) in [5.41, 5.74) is 6.12. The fraction of sp³-hybridized carbons (Fsp3) is 0.400. The summed E-state index contributed by atoms with van der Waals surface area (Å²) in [4.78, 5) is 0. The molecule has 90 valence electrons. The van der Waals surface area contributed by atoms with Crippen molar-refractivity contribution < 1.29 is 0 Å². The van der Waals surface area contributed by atoms with Crippen LogP contribution in [0.2, 0.25) is 19.6 Å². The zero-order valence-corrected chi connectivity index (χ0v) is 12.0.